The van der Waals surface area contributed by atoms with Gasteiger partial charge in [0.2, 0.25) is 0 Å². The molecule has 0 bridgehead atoms. The molecule has 0 spiro atoms. The molecule has 0 unspecified atom stereocenters. The summed E-state index contributed by atoms with van der Waals surface area (Å²) in [5.41, 5.74) is 7.46. The first kappa shape index (κ1) is 14.4. The van der Waals surface area contributed by atoms with Gasteiger partial charge in [0.1, 0.15) is 0 Å². The minimum atomic E-state index is -0.228. The van der Waals surface area contributed by atoms with Gasteiger partial charge in [-0.05, 0) is 36.4 Å². The van der Waals surface area contributed by atoms with Crippen molar-refractivity contribution in [1.82, 2.24) is 0 Å². The number of nitrogens with zero attached hydrogens (tertiary/aromatic N) is 1. The smallest absolute Gasteiger partial charge is 0.258 e. The number of hydrogen-bond donors (Lipinski definition) is 2. The minimum absolute atomic E-state index is 0.145. The Bertz CT molecular complexity index is 599. The van der Waals surface area contributed by atoms with E-state index in [0.29, 0.717) is 22.0 Å². The number of nitrogens with two attached hydrogens (primary N) is 1. The van der Waals surface area contributed by atoms with Crippen molar-refractivity contribution in [3.63, 3.8) is 0 Å². The van der Waals surface area contributed by atoms with Crippen LogP contribution < -0.4 is 10.6 Å². The third kappa shape index (κ3) is 3.10. The highest BCUT2D eigenvalue weighted by atomic mass is 35.5. The fourth-order valence-electron chi connectivity index (χ4n) is 1.91. The van der Waals surface area contributed by atoms with Crippen LogP contribution in [-0.2, 0) is 0 Å². The van der Waals surface area contributed by atoms with Gasteiger partial charge in [0.05, 0.1) is 18.0 Å². The fraction of sp³-hybridized carbons (Fsp3) is 0.133. The summed E-state index contributed by atoms with van der Waals surface area (Å²) in [5.74, 6) is -0.228. The number of carbonyl (C=O) groups is 1. The van der Waals surface area contributed by atoms with E-state index in [9.17, 15) is 9.90 Å². The zero-order valence-electron chi connectivity index (χ0n) is 10.8. The van der Waals surface area contributed by atoms with Crippen LogP contribution in [0.15, 0.2) is 48.5 Å². The van der Waals surface area contributed by atoms with Gasteiger partial charge >= 0.3 is 0 Å². The molecule has 0 heterocycles. The number of hydrogen-bond acceptors (Lipinski definition) is 3. The highest BCUT2D eigenvalue weighted by molar-refractivity contribution is 6.30. The van der Waals surface area contributed by atoms with Gasteiger partial charge in [-0.1, -0.05) is 23.7 Å². The van der Waals surface area contributed by atoms with Crippen molar-refractivity contribution in [3.8, 4) is 0 Å². The Hall–Kier alpha value is -2.04. The summed E-state index contributed by atoms with van der Waals surface area (Å²) in [7, 11) is 0. The molecule has 0 aromatic heterocycles. The predicted molar refractivity (Wildman–Crippen MR) is 81.1 cm³/mol. The summed E-state index contributed by atoms with van der Waals surface area (Å²) in [6.07, 6.45) is 0. The molecule has 2 aromatic carbocycles. The van der Waals surface area contributed by atoms with Crippen LogP contribution in [0.25, 0.3) is 0 Å². The second-order valence-corrected chi connectivity index (χ2v) is 4.68. The molecular weight excluding hydrogens is 276 g/mol. The van der Waals surface area contributed by atoms with E-state index < -0.39 is 0 Å². The number of halogens is 1. The number of anilines is 2. The van der Waals surface area contributed by atoms with Crippen LogP contribution in [0.1, 0.15) is 10.4 Å². The first-order chi connectivity index (χ1) is 9.63. The molecule has 0 saturated heterocycles. The van der Waals surface area contributed by atoms with Crippen LogP contribution >= 0.6 is 11.6 Å². The lowest BCUT2D eigenvalue weighted by Gasteiger charge is -2.23. The van der Waals surface area contributed by atoms with Gasteiger partial charge in [-0.2, -0.15) is 0 Å². The monoisotopic (exact) mass is 290 g/mol. The van der Waals surface area contributed by atoms with E-state index in [1.165, 1.54) is 4.90 Å². The molecule has 0 fully saturated rings. The average molecular weight is 291 g/mol. The number of aliphatic hydroxyl groups excluding tert-OH is 1. The number of carbonyl (C=O) groups excluding carboxylic acids is 1. The van der Waals surface area contributed by atoms with Crippen molar-refractivity contribution in [2.24, 2.45) is 0 Å². The average Bonchev–Trinajstić information content (AvgIpc) is 2.46. The normalized spacial score (nSPS) is 10.3. The maximum Gasteiger partial charge on any atom is 0.258 e. The lowest BCUT2D eigenvalue weighted by molar-refractivity contribution is 0.0981. The lowest BCUT2D eigenvalue weighted by Crippen LogP contribution is -2.34. The number of aliphatic hydroxyl groups is 1. The molecule has 0 aliphatic heterocycles. The van der Waals surface area contributed by atoms with E-state index in [-0.39, 0.29) is 19.1 Å². The van der Waals surface area contributed by atoms with Crippen molar-refractivity contribution in [1.29, 1.82) is 0 Å². The van der Waals surface area contributed by atoms with E-state index >= 15 is 0 Å². The molecule has 5 heteroatoms. The zero-order chi connectivity index (χ0) is 14.5. The number of para-hydroxylation sites is 2. The van der Waals surface area contributed by atoms with E-state index in [0.717, 1.165) is 0 Å². The zero-order valence-corrected chi connectivity index (χ0v) is 11.5. The van der Waals surface area contributed by atoms with Crippen molar-refractivity contribution in [2.45, 2.75) is 0 Å². The van der Waals surface area contributed by atoms with Gasteiger partial charge in [-0.15, -0.1) is 0 Å². The Kier molecular flexibility index (Phi) is 4.61. The Morgan fingerprint density at radius 3 is 2.40 bits per heavy atom. The van der Waals surface area contributed by atoms with E-state index in [1.807, 2.05) is 0 Å². The number of nitrogen functional groups attached to an aromatic ring is 1. The maximum absolute atomic E-state index is 12.5. The molecule has 0 aliphatic rings. The first-order valence-corrected chi connectivity index (χ1v) is 6.54. The second kappa shape index (κ2) is 6.41. The summed E-state index contributed by atoms with van der Waals surface area (Å²) < 4.78 is 0. The van der Waals surface area contributed by atoms with Gasteiger partial charge in [0.15, 0.2) is 0 Å². The summed E-state index contributed by atoms with van der Waals surface area (Å²) in [6, 6.07) is 13.7. The van der Waals surface area contributed by atoms with Crippen molar-refractivity contribution in [3.05, 3.63) is 59.1 Å². The predicted octanol–water partition coefficient (Wildman–Crippen LogP) is 2.56. The molecule has 4 nitrogen and oxygen atoms in total. The molecule has 0 atom stereocenters. The Morgan fingerprint density at radius 1 is 1.15 bits per heavy atom. The van der Waals surface area contributed by atoms with E-state index in [1.54, 1.807) is 48.5 Å². The van der Waals surface area contributed by atoms with Crippen LogP contribution in [0, 0.1) is 0 Å². The molecule has 20 heavy (non-hydrogen) atoms. The first-order valence-electron chi connectivity index (χ1n) is 6.16. The standard InChI is InChI=1S/C15H15ClN2O2/c16-12-7-5-11(6-8-12)15(20)18(9-10-19)14-4-2-1-3-13(14)17/h1-8,19H,9-10,17H2. The molecule has 0 radical (unpaired) electrons. The van der Waals surface area contributed by atoms with Gasteiger partial charge in [0.25, 0.3) is 5.91 Å². The SMILES string of the molecule is Nc1ccccc1N(CCO)C(=O)c1ccc(Cl)cc1. The maximum atomic E-state index is 12.5. The Morgan fingerprint density at radius 2 is 1.80 bits per heavy atom. The molecular formula is C15H15ClN2O2. The number of benzene rings is 2. The topological polar surface area (TPSA) is 66.6 Å². The number of amides is 1. The minimum Gasteiger partial charge on any atom is -0.397 e. The highest BCUT2D eigenvalue weighted by Crippen LogP contribution is 2.24. The van der Waals surface area contributed by atoms with Crippen molar-refractivity contribution in [2.75, 3.05) is 23.8 Å². The van der Waals surface area contributed by atoms with Crippen LogP contribution in [0.2, 0.25) is 5.02 Å². The Balaban J connectivity index is 2.36. The molecule has 3 N–H and O–H groups in total. The van der Waals surface area contributed by atoms with Gasteiger partial charge in [0, 0.05) is 17.1 Å². The largest absolute Gasteiger partial charge is 0.397 e. The fourth-order valence-corrected chi connectivity index (χ4v) is 2.04. The van der Waals surface area contributed by atoms with Crippen LogP contribution in [0.3, 0.4) is 0 Å². The van der Waals surface area contributed by atoms with Crippen LogP contribution in [0.4, 0.5) is 11.4 Å². The van der Waals surface area contributed by atoms with Crippen LogP contribution in [-0.4, -0.2) is 24.2 Å². The van der Waals surface area contributed by atoms with Crippen molar-refractivity contribution >= 4 is 28.9 Å². The number of rotatable bonds is 4. The Labute approximate surface area is 122 Å². The van der Waals surface area contributed by atoms with Gasteiger partial charge < -0.3 is 15.7 Å². The molecule has 0 aliphatic carbocycles. The highest BCUT2D eigenvalue weighted by Gasteiger charge is 2.18. The lowest BCUT2D eigenvalue weighted by atomic mass is 10.1. The van der Waals surface area contributed by atoms with Crippen LogP contribution in [0.5, 0.6) is 0 Å². The van der Waals surface area contributed by atoms with Gasteiger partial charge in [-0.25, -0.2) is 0 Å². The molecule has 0 saturated carbocycles. The summed E-state index contributed by atoms with van der Waals surface area (Å²) in [5, 5.41) is 9.74. The summed E-state index contributed by atoms with van der Waals surface area (Å²) >= 11 is 5.81. The molecule has 1 amide bonds. The molecule has 2 rings (SSSR count). The third-order valence-electron chi connectivity index (χ3n) is 2.89. The van der Waals surface area contributed by atoms with Gasteiger partial charge in [-0.3, -0.25) is 4.79 Å². The summed E-state index contributed by atoms with van der Waals surface area (Å²) in [6.45, 7) is 0.0311. The van der Waals surface area contributed by atoms with E-state index in [2.05, 4.69) is 0 Å². The third-order valence-corrected chi connectivity index (χ3v) is 3.14. The molecule has 104 valence electrons. The quantitative estimate of drug-likeness (QED) is 0.851. The second-order valence-electron chi connectivity index (χ2n) is 4.25. The van der Waals surface area contributed by atoms with E-state index in [4.69, 9.17) is 17.3 Å². The molecule has 2 aromatic rings. The summed E-state index contributed by atoms with van der Waals surface area (Å²) in [4.78, 5) is 14.0. The van der Waals surface area contributed by atoms with Crippen molar-refractivity contribution < 1.29 is 9.90 Å².